The van der Waals surface area contributed by atoms with E-state index in [2.05, 4.69) is 4.98 Å². The van der Waals surface area contributed by atoms with Crippen LogP contribution in [0.25, 0.3) is 11.3 Å². The van der Waals surface area contributed by atoms with Crippen LogP contribution in [0, 0.1) is 5.82 Å². The molecule has 0 spiro atoms. The van der Waals surface area contributed by atoms with Gasteiger partial charge in [-0.15, -0.1) is 0 Å². The molecule has 1 unspecified atom stereocenters. The predicted molar refractivity (Wildman–Crippen MR) is 85.5 cm³/mol. The Hall–Kier alpha value is -1.82. The van der Waals surface area contributed by atoms with Gasteiger partial charge in [0.25, 0.3) is 0 Å². The van der Waals surface area contributed by atoms with E-state index in [1.54, 1.807) is 25.1 Å². The smallest absolute Gasteiger partial charge is 0.123 e. The van der Waals surface area contributed by atoms with Crippen LogP contribution in [-0.2, 0) is 11.1 Å². The number of nitrogens with zero attached hydrogens (tertiary/aromatic N) is 1. The van der Waals surface area contributed by atoms with Gasteiger partial charge in [-0.05, 0) is 62.7 Å². The average Bonchev–Trinajstić information content (AvgIpc) is 2.46. The highest BCUT2D eigenvalue weighted by atomic mass is 19.1. The Morgan fingerprint density at radius 3 is 2.23 bits per heavy atom. The molecule has 0 aliphatic rings. The Kier molecular flexibility index (Phi) is 4.33. The summed E-state index contributed by atoms with van der Waals surface area (Å²) < 4.78 is 13.1. The fraction of sp³-hybridized carbons (Fsp3) is 0.353. The normalized spacial score (nSPS) is 14.7. The molecule has 2 aromatic rings. The van der Waals surface area contributed by atoms with Crippen molar-refractivity contribution in [3.05, 3.63) is 53.5 Å². The SMILES string of the molecule is CC(C)(N)c1cc(-c2ccc(F)cc2)nc(C(C)(O)CN)c1. The molecule has 22 heavy (non-hydrogen) atoms. The fourth-order valence-corrected chi connectivity index (χ4v) is 2.05. The highest BCUT2D eigenvalue weighted by Crippen LogP contribution is 2.28. The summed E-state index contributed by atoms with van der Waals surface area (Å²) >= 11 is 0. The molecule has 4 nitrogen and oxygen atoms in total. The van der Waals surface area contributed by atoms with Crippen molar-refractivity contribution in [2.75, 3.05) is 6.54 Å². The summed E-state index contributed by atoms with van der Waals surface area (Å²) in [5.41, 5.74) is 12.6. The lowest BCUT2D eigenvalue weighted by Crippen LogP contribution is -2.34. The second-order valence-corrected chi connectivity index (χ2v) is 6.33. The van der Waals surface area contributed by atoms with E-state index in [0.717, 1.165) is 11.1 Å². The highest BCUT2D eigenvalue weighted by molar-refractivity contribution is 5.60. The zero-order chi connectivity index (χ0) is 16.5. The topological polar surface area (TPSA) is 85.2 Å². The van der Waals surface area contributed by atoms with Crippen molar-refractivity contribution in [2.45, 2.75) is 31.9 Å². The lowest BCUT2D eigenvalue weighted by molar-refractivity contribution is 0.0621. The van der Waals surface area contributed by atoms with Crippen molar-refractivity contribution < 1.29 is 9.50 Å². The Labute approximate surface area is 130 Å². The summed E-state index contributed by atoms with van der Waals surface area (Å²) in [7, 11) is 0. The molecule has 5 N–H and O–H groups in total. The van der Waals surface area contributed by atoms with Gasteiger partial charge in [-0.2, -0.15) is 0 Å². The first kappa shape index (κ1) is 16.5. The number of aliphatic hydroxyl groups is 1. The van der Waals surface area contributed by atoms with Crippen LogP contribution in [-0.4, -0.2) is 16.6 Å². The van der Waals surface area contributed by atoms with E-state index in [4.69, 9.17) is 11.5 Å². The quantitative estimate of drug-likeness (QED) is 0.808. The molecule has 1 heterocycles. The predicted octanol–water partition coefficient (Wildman–Crippen LogP) is 2.25. The maximum absolute atomic E-state index is 13.1. The third-order valence-corrected chi connectivity index (χ3v) is 3.66. The van der Waals surface area contributed by atoms with Crippen LogP contribution in [0.5, 0.6) is 0 Å². The standard InChI is InChI=1S/C17H22FN3O/c1-16(2,20)12-8-14(11-4-6-13(18)7-5-11)21-15(9-12)17(3,22)10-19/h4-9,22H,10,19-20H2,1-3H3. The highest BCUT2D eigenvalue weighted by Gasteiger charge is 2.26. The van der Waals surface area contributed by atoms with Gasteiger partial charge in [0.05, 0.1) is 11.4 Å². The minimum absolute atomic E-state index is 0.0390. The zero-order valence-electron chi connectivity index (χ0n) is 13.1. The number of pyridine rings is 1. The third kappa shape index (κ3) is 3.50. The van der Waals surface area contributed by atoms with Gasteiger partial charge in [-0.25, -0.2) is 9.37 Å². The summed E-state index contributed by atoms with van der Waals surface area (Å²) in [6.07, 6.45) is 0. The van der Waals surface area contributed by atoms with Crippen LogP contribution in [0.15, 0.2) is 36.4 Å². The molecule has 0 saturated carbocycles. The Morgan fingerprint density at radius 1 is 1.14 bits per heavy atom. The number of halogens is 1. The lowest BCUT2D eigenvalue weighted by atomic mass is 9.90. The molecule has 0 radical (unpaired) electrons. The molecule has 0 amide bonds. The molecule has 0 saturated heterocycles. The summed E-state index contributed by atoms with van der Waals surface area (Å²) in [5, 5.41) is 10.4. The first-order valence-corrected chi connectivity index (χ1v) is 7.14. The molecule has 5 heteroatoms. The van der Waals surface area contributed by atoms with E-state index < -0.39 is 11.1 Å². The van der Waals surface area contributed by atoms with Gasteiger partial charge >= 0.3 is 0 Å². The molecule has 0 aliphatic heterocycles. The fourth-order valence-electron chi connectivity index (χ4n) is 2.05. The number of aromatic nitrogens is 1. The summed E-state index contributed by atoms with van der Waals surface area (Å²) in [6, 6.07) is 9.65. The van der Waals surface area contributed by atoms with Crippen LogP contribution >= 0.6 is 0 Å². The molecule has 0 fully saturated rings. The van der Waals surface area contributed by atoms with Crippen LogP contribution in [0.1, 0.15) is 32.0 Å². The van der Waals surface area contributed by atoms with Crippen LogP contribution in [0.2, 0.25) is 0 Å². The van der Waals surface area contributed by atoms with Gasteiger partial charge in [0.15, 0.2) is 0 Å². The third-order valence-electron chi connectivity index (χ3n) is 3.66. The minimum atomic E-state index is -1.25. The van der Waals surface area contributed by atoms with E-state index >= 15 is 0 Å². The van der Waals surface area contributed by atoms with Crippen LogP contribution < -0.4 is 11.5 Å². The number of benzene rings is 1. The van der Waals surface area contributed by atoms with Gasteiger partial charge in [0.1, 0.15) is 11.4 Å². The van der Waals surface area contributed by atoms with E-state index in [-0.39, 0.29) is 12.4 Å². The first-order chi connectivity index (χ1) is 10.1. The monoisotopic (exact) mass is 303 g/mol. The molecule has 1 atom stereocenters. The molecule has 118 valence electrons. The van der Waals surface area contributed by atoms with Crippen LogP contribution in [0.3, 0.4) is 0 Å². The summed E-state index contributed by atoms with van der Waals surface area (Å²) in [5.74, 6) is -0.312. The maximum Gasteiger partial charge on any atom is 0.123 e. The van der Waals surface area contributed by atoms with E-state index in [1.807, 2.05) is 19.9 Å². The first-order valence-electron chi connectivity index (χ1n) is 7.14. The van der Waals surface area contributed by atoms with Crippen molar-refractivity contribution in [3.63, 3.8) is 0 Å². The van der Waals surface area contributed by atoms with Gasteiger partial charge < -0.3 is 16.6 Å². The Balaban J connectivity index is 2.63. The lowest BCUT2D eigenvalue weighted by Gasteiger charge is -2.26. The number of hydrogen-bond donors (Lipinski definition) is 3. The van der Waals surface area contributed by atoms with Crippen molar-refractivity contribution in [1.82, 2.24) is 4.98 Å². The number of hydrogen-bond acceptors (Lipinski definition) is 4. The molecular formula is C17H22FN3O. The Morgan fingerprint density at radius 2 is 1.73 bits per heavy atom. The van der Waals surface area contributed by atoms with E-state index in [0.29, 0.717) is 11.4 Å². The zero-order valence-corrected chi connectivity index (χ0v) is 13.1. The number of nitrogens with two attached hydrogens (primary N) is 2. The van der Waals surface area contributed by atoms with E-state index in [1.165, 1.54) is 12.1 Å². The second-order valence-electron chi connectivity index (χ2n) is 6.33. The number of rotatable bonds is 4. The maximum atomic E-state index is 13.1. The molecule has 0 bridgehead atoms. The summed E-state index contributed by atoms with van der Waals surface area (Å²) in [4.78, 5) is 4.48. The van der Waals surface area contributed by atoms with Crippen molar-refractivity contribution in [1.29, 1.82) is 0 Å². The Bertz CT molecular complexity index is 661. The molecular weight excluding hydrogens is 281 g/mol. The summed E-state index contributed by atoms with van der Waals surface area (Å²) in [6.45, 7) is 5.39. The second kappa shape index (κ2) is 5.76. The van der Waals surface area contributed by atoms with Gasteiger partial charge in [0, 0.05) is 17.6 Å². The minimum Gasteiger partial charge on any atom is -0.383 e. The van der Waals surface area contributed by atoms with Gasteiger partial charge in [0.2, 0.25) is 0 Å². The van der Waals surface area contributed by atoms with Crippen molar-refractivity contribution >= 4 is 0 Å². The molecule has 1 aromatic carbocycles. The van der Waals surface area contributed by atoms with Crippen molar-refractivity contribution in [2.24, 2.45) is 11.5 Å². The van der Waals surface area contributed by atoms with Crippen molar-refractivity contribution in [3.8, 4) is 11.3 Å². The van der Waals surface area contributed by atoms with Gasteiger partial charge in [-0.3, -0.25) is 0 Å². The molecule has 1 aromatic heterocycles. The average molecular weight is 303 g/mol. The molecule has 0 aliphatic carbocycles. The van der Waals surface area contributed by atoms with Gasteiger partial charge in [-0.1, -0.05) is 0 Å². The largest absolute Gasteiger partial charge is 0.383 e. The van der Waals surface area contributed by atoms with E-state index in [9.17, 15) is 9.50 Å². The van der Waals surface area contributed by atoms with Crippen LogP contribution in [0.4, 0.5) is 4.39 Å². The molecule has 2 rings (SSSR count).